The number of rotatable bonds is 4. The molecule has 0 atom stereocenters. The smallest absolute Gasteiger partial charge is 0.387 e. The average Bonchev–Trinajstić information content (AvgIpc) is 3.02. The lowest BCUT2D eigenvalue weighted by Crippen LogP contribution is -2.36. The molecule has 1 amide bonds. The van der Waals surface area contributed by atoms with E-state index >= 15 is 0 Å². The minimum atomic E-state index is -2.95. The van der Waals surface area contributed by atoms with Crippen LogP contribution < -0.4 is 9.64 Å². The molecule has 0 saturated heterocycles. The fraction of sp³-hybridized carbons (Fsp3) is 0.375. The molecule has 1 aromatic carbocycles. The third-order valence-corrected chi connectivity index (χ3v) is 3.81. The monoisotopic (exact) mass is 322 g/mol. The number of nitrogens with zero attached hydrogens (tertiary/aromatic N) is 2. The molecule has 0 N–H and O–H groups in total. The maximum absolute atomic E-state index is 12.8. The first kappa shape index (κ1) is 15.5. The number of oxazole rings is 1. The number of anilines is 1. The van der Waals surface area contributed by atoms with Crippen LogP contribution in [0.4, 0.5) is 14.5 Å². The number of alkyl halides is 2. The van der Waals surface area contributed by atoms with Gasteiger partial charge in [0.1, 0.15) is 5.75 Å². The van der Waals surface area contributed by atoms with Gasteiger partial charge in [-0.2, -0.15) is 8.78 Å². The van der Waals surface area contributed by atoms with Crippen molar-refractivity contribution in [3.63, 3.8) is 0 Å². The zero-order valence-corrected chi connectivity index (χ0v) is 12.6. The lowest BCUT2D eigenvalue weighted by Gasteiger charge is -2.30. The molecular weight excluding hydrogens is 306 g/mol. The van der Waals surface area contributed by atoms with Crippen molar-refractivity contribution >= 4 is 11.6 Å². The highest BCUT2D eigenvalue weighted by Gasteiger charge is 2.30. The summed E-state index contributed by atoms with van der Waals surface area (Å²) in [6, 6.07) is 4.91. The SMILES string of the molecule is CCc1ncoc1C(=O)N1CCCc2cccc(OC(F)F)c21. The number of halogens is 2. The van der Waals surface area contributed by atoms with Gasteiger partial charge in [-0.15, -0.1) is 0 Å². The number of para-hydroxylation sites is 1. The van der Waals surface area contributed by atoms with E-state index in [1.807, 2.05) is 13.0 Å². The minimum Gasteiger partial charge on any atom is -0.438 e. The molecule has 1 aliphatic rings. The van der Waals surface area contributed by atoms with E-state index < -0.39 is 6.61 Å². The summed E-state index contributed by atoms with van der Waals surface area (Å²) in [6.45, 7) is -0.666. The zero-order chi connectivity index (χ0) is 16.4. The van der Waals surface area contributed by atoms with Gasteiger partial charge in [0.15, 0.2) is 6.39 Å². The van der Waals surface area contributed by atoms with Crippen LogP contribution in [0.2, 0.25) is 0 Å². The number of hydrogen-bond acceptors (Lipinski definition) is 4. The van der Waals surface area contributed by atoms with Crippen molar-refractivity contribution in [1.29, 1.82) is 0 Å². The van der Waals surface area contributed by atoms with Crippen LogP contribution in [0.3, 0.4) is 0 Å². The molecule has 0 saturated carbocycles. The quantitative estimate of drug-likeness (QED) is 0.865. The Morgan fingerprint density at radius 3 is 3.04 bits per heavy atom. The minimum absolute atomic E-state index is 0.00288. The third-order valence-electron chi connectivity index (χ3n) is 3.81. The summed E-state index contributed by atoms with van der Waals surface area (Å²) in [7, 11) is 0. The predicted octanol–water partition coefficient (Wildman–Crippen LogP) is 3.43. The Kier molecular flexibility index (Phi) is 4.27. The highest BCUT2D eigenvalue weighted by atomic mass is 19.3. The van der Waals surface area contributed by atoms with Crippen molar-refractivity contribution in [1.82, 2.24) is 4.98 Å². The fourth-order valence-electron chi connectivity index (χ4n) is 2.83. The summed E-state index contributed by atoms with van der Waals surface area (Å²) in [5, 5.41) is 0. The van der Waals surface area contributed by atoms with Crippen molar-refractivity contribution in [2.45, 2.75) is 32.8 Å². The molecule has 0 radical (unpaired) electrons. The maximum Gasteiger partial charge on any atom is 0.387 e. The van der Waals surface area contributed by atoms with E-state index in [-0.39, 0.29) is 17.4 Å². The Bertz CT molecular complexity index is 715. The highest BCUT2D eigenvalue weighted by Crippen LogP contribution is 2.38. The first-order valence-electron chi connectivity index (χ1n) is 7.42. The largest absolute Gasteiger partial charge is 0.438 e. The third kappa shape index (κ3) is 2.91. The molecule has 0 bridgehead atoms. The van der Waals surface area contributed by atoms with Gasteiger partial charge in [0, 0.05) is 6.54 Å². The van der Waals surface area contributed by atoms with Crippen LogP contribution in [-0.4, -0.2) is 24.0 Å². The topological polar surface area (TPSA) is 55.6 Å². The second-order valence-corrected chi connectivity index (χ2v) is 5.18. The van der Waals surface area contributed by atoms with Crippen LogP contribution in [0.15, 0.2) is 29.0 Å². The molecule has 7 heteroatoms. The second-order valence-electron chi connectivity index (χ2n) is 5.18. The number of benzene rings is 1. The summed E-state index contributed by atoms with van der Waals surface area (Å²) >= 11 is 0. The fourth-order valence-corrected chi connectivity index (χ4v) is 2.83. The van der Waals surface area contributed by atoms with Gasteiger partial charge in [-0.1, -0.05) is 19.1 Å². The van der Waals surface area contributed by atoms with Gasteiger partial charge in [-0.05, 0) is 30.9 Å². The van der Waals surface area contributed by atoms with Crippen LogP contribution in [0.1, 0.15) is 35.2 Å². The number of fused-ring (bicyclic) bond motifs is 1. The normalized spacial score (nSPS) is 14.0. The Hall–Kier alpha value is -2.44. The van der Waals surface area contributed by atoms with E-state index in [1.54, 1.807) is 6.07 Å². The van der Waals surface area contributed by atoms with Gasteiger partial charge >= 0.3 is 6.61 Å². The molecule has 1 aromatic heterocycles. The lowest BCUT2D eigenvalue weighted by atomic mass is 10.0. The lowest BCUT2D eigenvalue weighted by molar-refractivity contribution is -0.0495. The van der Waals surface area contributed by atoms with E-state index in [9.17, 15) is 13.6 Å². The number of amides is 1. The Balaban J connectivity index is 2.02. The number of carbonyl (C=O) groups is 1. The van der Waals surface area contributed by atoms with Crippen LogP contribution in [-0.2, 0) is 12.8 Å². The Morgan fingerprint density at radius 1 is 1.48 bits per heavy atom. The van der Waals surface area contributed by atoms with Crippen molar-refractivity contribution in [2.75, 3.05) is 11.4 Å². The van der Waals surface area contributed by atoms with Crippen LogP contribution in [0.25, 0.3) is 0 Å². The molecule has 0 spiro atoms. The van der Waals surface area contributed by atoms with Gasteiger partial charge in [0.05, 0.1) is 11.4 Å². The van der Waals surface area contributed by atoms with Gasteiger partial charge in [0.2, 0.25) is 5.76 Å². The van der Waals surface area contributed by atoms with E-state index in [2.05, 4.69) is 9.72 Å². The van der Waals surface area contributed by atoms with Gasteiger partial charge in [-0.3, -0.25) is 4.79 Å². The highest BCUT2D eigenvalue weighted by molar-refractivity contribution is 6.06. The Morgan fingerprint density at radius 2 is 2.30 bits per heavy atom. The standard InChI is InChI=1S/C16H16F2N2O3/c1-2-11-14(22-9-19-11)15(21)20-8-4-6-10-5-3-7-12(13(10)20)23-16(17)18/h3,5,7,9,16H,2,4,6,8H2,1H3. The van der Waals surface area contributed by atoms with E-state index in [1.165, 1.54) is 17.4 Å². The molecule has 0 aliphatic carbocycles. The molecule has 0 unspecified atom stereocenters. The first-order valence-corrected chi connectivity index (χ1v) is 7.42. The summed E-state index contributed by atoms with van der Waals surface area (Å²) in [5.41, 5.74) is 1.75. The zero-order valence-electron chi connectivity index (χ0n) is 12.6. The molecule has 3 rings (SSSR count). The number of ether oxygens (including phenoxy) is 1. The van der Waals surface area contributed by atoms with E-state index in [4.69, 9.17) is 4.42 Å². The van der Waals surface area contributed by atoms with Crippen molar-refractivity contribution in [3.8, 4) is 5.75 Å². The summed E-state index contributed by atoms with van der Waals surface area (Å²) in [5.74, 6) is -0.235. The van der Waals surface area contributed by atoms with Crippen LogP contribution >= 0.6 is 0 Å². The van der Waals surface area contributed by atoms with Gasteiger partial charge in [0.25, 0.3) is 5.91 Å². The molecule has 2 aromatic rings. The number of aromatic nitrogens is 1. The van der Waals surface area contributed by atoms with Gasteiger partial charge in [-0.25, -0.2) is 4.98 Å². The Labute approximate surface area is 131 Å². The first-order chi connectivity index (χ1) is 11.1. The maximum atomic E-state index is 12.8. The van der Waals surface area contributed by atoms with Crippen LogP contribution in [0, 0.1) is 0 Å². The summed E-state index contributed by atoms with van der Waals surface area (Å²) < 4.78 is 35.1. The number of hydrogen-bond donors (Lipinski definition) is 0. The second kappa shape index (κ2) is 6.36. The predicted molar refractivity (Wildman–Crippen MR) is 79.0 cm³/mol. The molecule has 122 valence electrons. The van der Waals surface area contributed by atoms with Crippen molar-refractivity contribution in [2.24, 2.45) is 0 Å². The summed E-state index contributed by atoms with van der Waals surface area (Å²) in [4.78, 5) is 18.2. The number of carbonyl (C=O) groups excluding carboxylic acids is 1. The molecule has 23 heavy (non-hydrogen) atoms. The molecule has 2 heterocycles. The van der Waals surface area contributed by atoms with Crippen LogP contribution in [0.5, 0.6) is 5.75 Å². The molecule has 0 fully saturated rings. The van der Waals surface area contributed by atoms with Gasteiger partial charge < -0.3 is 14.1 Å². The average molecular weight is 322 g/mol. The summed E-state index contributed by atoms with van der Waals surface area (Å²) in [6.07, 6.45) is 3.22. The van der Waals surface area contributed by atoms with Crippen molar-refractivity contribution in [3.05, 3.63) is 41.6 Å². The number of aryl methyl sites for hydroxylation is 2. The molecular formula is C16H16F2N2O3. The molecule has 5 nitrogen and oxygen atoms in total. The van der Waals surface area contributed by atoms with Crippen molar-refractivity contribution < 1.29 is 22.7 Å². The van der Waals surface area contributed by atoms with E-state index in [0.717, 1.165) is 12.0 Å². The van der Waals surface area contributed by atoms with E-state index in [0.29, 0.717) is 30.8 Å². The molecule has 1 aliphatic heterocycles.